The molecule has 3 unspecified atom stereocenters. The van der Waals surface area contributed by atoms with E-state index in [2.05, 4.69) is 5.32 Å². The molecule has 0 radical (unpaired) electrons. The molecule has 0 aromatic heterocycles. The molecule has 1 aromatic carbocycles. The molecule has 116 valence electrons. The Morgan fingerprint density at radius 1 is 1.14 bits per heavy atom. The Morgan fingerprint density at radius 2 is 1.67 bits per heavy atom. The number of benzene rings is 1. The van der Waals surface area contributed by atoms with Crippen molar-refractivity contribution in [2.24, 2.45) is 5.92 Å². The summed E-state index contributed by atoms with van der Waals surface area (Å²) in [6.07, 6.45) is -1.18. The highest BCUT2D eigenvalue weighted by molar-refractivity contribution is 6.30. The number of carbonyl (C=O) groups is 2. The Morgan fingerprint density at radius 3 is 2.05 bits per heavy atom. The summed E-state index contributed by atoms with van der Waals surface area (Å²) in [4.78, 5) is 23.4. The first-order valence-electron chi connectivity index (χ1n) is 6.70. The monoisotopic (exact) mass is 313 g/mol. The summed E-state index contributed by atoms with van der Waals surface area (Å²) >= 11 is 5.83. The van der Waals surface area contributed by atoms with Crippen LogP contribution >= 0.6 is 11.6 Å². The van der Waals surface area contributed by atoms with Gasteiger partial charge in [-0.25, -0.2) is 4.79 Å². The van der Waals surface area contributed by atoms with Gasteiger partial charge in [-0.2, -0.15) is 0 Å². The highest BCUT2D eigenvalue weighted by atomic mass is 35.5. The quantitative estimate of drug-likeness (QED) is 0.750. The van der Waals surface area contributed by atoms with Crippen LogP contribution in [0.2, 0.25) is 5.02 Å². The van der Waals surface area contributed by atoms with Gasteiger partial charge in [0.15, 0.2) is 6.04 Å². The molecule has 5 nitrogen and oxygen atoms in total. The largest absolute Gasteiger partial charge is 0.480 e. The number of amides is 1. The molecule has 0 aliphatic carbocycles. The number of carboxylic acid groups (broad SMARTS) is 1. The molecule has 0 spiro atoms. The van der Waals surface area contributed by atoms with Crippen LogP contribution in [0.3, 0.4) is 0 Å². The van der Waals surface area contributed by atoms with Crippen LogP contribution in [0.5, 0.6) is 0 Å². The first-order valence-corrected chi connectivity index (χ1v) is 7.08. The van der Waals surface area contributed by atoms with Crippen molar-refractivity contribution < 1.29 is 19.8 Å². The topological polar surface area (TPSA) is 86.6 Å². The smallest absolute Gasteiger partial charge is 0.328 e. The van der Waals surface area contributed by atoms with Crippen LogP contribution in [-0.4, -0.2) is 34.2 Å². The maximum absolute atomic E-state index is 12.4. The van der Waals surface area contributed by atoms with Gasteiger partial charge in [0.2, 0.25) is 5.91 Å². The van der Waals surface area contributed by atoms with Gasteiger partial charge in [0, 0.05) is 5.02 Å². The number of rotatable bonds is 6. The van der Waals surface area contributed by atoms with Gasteiger partial charge in [0.1, 0.15) is 0 Å². The third-order valence-corrected chi connectivity index (χ3v) is 3.48. The molecule has 6 heteroatoms. The highest BCUT2D eigenvalue weighted by Crippen LogP contribution is 2.26. The summed E-state index contributed by atoms with van der Waals surface area (Å²) in [5.74, 6) is -2.24. The van der Waals surface area contributed by atoms with E-state index in [-0.39, 0.29) is 5.92 Å². The van der Waals surface area contributed by atoms with Crippen molar-refractivity contribution in [3.8, 4) is 0 Å². The van der Waals surface area contributed by atoms with Crippen LogP contribution < -0.4 is 5.32 Å². The Labute approximate surface area is 128 Å². The molecule has 0 saturated carbocycles. The maximum Gasteiger partial charge on any atom is 0.328 e. The Bertz CT molecular complexity index is 499. The second-order valence-electron chi connectivity index (χ2n) is 5.34. The van der Waals surface area contributed by atoms with Gasteiger partial charge in [-0.1, -0.05) is 37.6 Å². The molecule has 1 rings (SSSR count). The summed E-state index contributed by atoms with van der Waals surface area (Å²) in [7, 11) is 0. The Balaban J connectivity index is 2.98. The van der Waals surface area contributed by atoms with Crippen molar-refractivity contribution in [1.29, 1.82) is 0 Å². The minimum absolute atomic E-state index is 0.0328. The standard InChI is InChI=1S/C15H20ClNO4/c1-8(2)12(10-4-6-11(16)7-5-10)14(19)17-13(9(3)18)15(20)21/h4-9,12-13,18H,1-3H3,(H,17,19)(H,20,21). The third-order valence-electron chi connectivity index (χ3n) is 3.22. The lowest BCUT2D eigenvalue weighted by molar-refractivity contribution is -0.145. The number of hydrogen-bond acceptors (Lipinski definition) is 3. The predicted molar refractivity (Wildman–Crippen MR) is 80.3 cm³/mol. The maximum atomic E-state index is 12.4. The highest BCUT2D eigenvalue weighted by Gasteiger charge is 2.30. The lowest BCUT2D eigenvalue weighted by Crippen LogP contribution is -2.49. The van der Waals surface area contributed by atoms with Gasteiger partial charge in [-0.3, -0.25) is 4.79 Å². The number of carbonyl (C=O) groups excluding carboxylic acids is 1. The van der Waals surface area contributed by atoms with E-state index < -0.39 is 29.9 Å². The average Bonchev–Trinajstić information content (AvgIpc) is 2.37. The van der Waals surface area contributed by atoms with Crippen molar-refractivity contribution in [2.75, 3.05) is 0 Å². The minimum atomic E-state index is -1.33. The summed E-state index contributed by atoms with van der Waals surface area (Å²) in [6, 6.07) is 5.52. The number of hydrogen-bond donors (Lipinski definition) is 3. The van der Waals surface area contributed by atoms with E-state index in [1.807, 2.05) is 13.8 Å². The van der Waals surface area contributed by atoms with Gasteiger partial charge in [-0.05, 0) is 30.5 Å². The summed E-state index contributed by atoms with van der Waals surface area (Å²) in [6.45, 7) is 5.07. The summed E-state index contributed by atoms with van der Waals surface area (Å²) in [5.41, 5.74) is 0.752. The van der Waals surface area contributed by atoms with Crippen LogP contribution in [0.1, 0.15) is 32.3 Å². The van der Waals surface area contributed by atoms with E-state index in [4.69, 9.17) is 16.7 Å². The molecule has 1 aromatic rings. The molecule has 0 bridgehead atoms. The predicted octanol–water partition coefficient (Wildman–Crippen LogP) is 2.03. The number of carboxylic acids is 1. The van der Waals surface area contributed by atoms with Crippen molar-refractivity contribution >= 4 is 23.5 Å². The molecule has 21 heavy (non-hydrogen) atoms. The lowest BCUT2D eigenvalue weighted by atomic mass is 9.87. The van der Waals surface area contributed by atoms with Crippen LogP contribution in [0.15, 0.2) is 24.3 Å². The fourth-order valence-corrected chi connectivity index (χ4v) is 2.27. The van der Waals surface area contributed by atoms with Crippen molar-refractivity contribution in [3.63, 3.8) is 0 Å². The van der Waals surface area contributed by atoms with Crippen LogP contribution in [-0.2, 0) is 9.59 Å². The first-order chi connectivity index (χ1) is 9.73. The number of aliphatic carboxylic acids is 1. The Hall–Kier alpha value is -1.59. The normalized spacial score (nSPS) is 15.3. The van der Waals surface area contributed by atoms with Crippen LogP contribution in [0.25, 0.3) is 0 Å². The summed E-state index contributed by atoms with van der Waals surface area (Å²) < 4.78 is 0. The molecule has 0 aliphatic rings. The zero-order chi connectivity index (χ0) is 16.2. The molecule has 1 amide bonds. The second kappa shape index (κ2) is 7.43. The van der Waals surface area contributed by atoms with Crippen LogP contribution in [0, 0.1) is 5.92 Å². The molecule has 0 aliphatic heterocycles. The minimum Gasteiger partial charge on any atom is -0.480 e. The molecular weight excluding hydrogens is 294 g/mol. The van der Waals surface area contributed by atoms with E-state index in [1.165, 1.54) is 6.92 Å². The van der Waals surface area contributed by atoms with E-state index in [1.54, 1.807) is 24.3 Å². The van der Waals surface area contributed by atoms with Gasteiger partial charge in [0.25, 0.3) is 0 Å². The van der Waals surface area contributed by atoms with E-state index >= 15 is 0 Å². The van der Waals surface area contributed by atoms with Gasteiger partial charge < -0.3 is 15.5 Å². The second-order valence-corrected chi connectivity index (χ2v) is 5.77. The van der Waals surface area contributed by atoms with Crippen molar-refractivity contribution in [1.82, 2.24) is 5.32 Å². The first kappa shape index (κ1) is 17.5. The zero-order valence-corrected chi connectivity index (χ0v) is 13.0. The van der Waals surface area contributed by atoms with E-state index in [0.717, 1.165) is 5.56 Å². The molecule has 0 saturated heterocycles. The molecule has 0 heterocycles. The molecule has 0 fully saturated rings. The Kier molecular flexibility index (Phi) is 6.18. The number of aliphatic hydroxyl groups excluding tert-OH is 1. The van der Waals surface area contributed by atoms with Crippen molar-refractivity contribution in [2.45, 2.75) is 38.8 Å². The molecule has 3 N–H and O–H groups in total. The lowest BCUT2D eigenvalue weighted by Gasteiger charge is -2.24. The third kappa shape index (κ3) is 4.72. The molecular formula is C15H20ClNO4. The van der Waals surface area contributed by atoms with Crippen LogP contribution in [0.4, 0.5) is 0 Å². The number of nitrogens with one attached hydrogen (secondary N) is 1. The number of aliphatic hydroxyl groups is 1. The van der Waals surface area contributed by atoms with Gasteiger partial charge in [-0.15, -0.1) is 0 Å². The average molecular weight is 314 g/mol. The zero-order valence-electron chi connectivity index (χ0n) is 12.2. The van der Waals surface area contributed by atoms with Crippen molar-refractivity contribution in [3.05, 3.63) is 34.9 Å². The van der Waals surface area contributed by atoms with Gasteiger partial charge in [0.05, 0.1) is 12.0 Å². The van der Waals surface area contributed by atoms with E-state index in [9.17, 15) is 14.7 Å². The van der Waals surface area contributed by atoms with Gasteiger partial charge >= 0.3 is 5.97 Å². The SMILES string of the molecule is CC(C)C(C(=O)NC(C(=O)O)C(C)O)c1ccc(Cl)cc1. The fraction of sp³-hybridized carbons (Fsp3) is 0.467. The summed E-state index contributed by atoms with van der Waals surface area (Å²) in [5, 5.41) is 21.4. The fourth-order valence-electron chi connectivity index (χ4n) is 2.14. The van der Waals surface area contributed by atoms with E-state index in [0.29, 0.717) is 5.02 Å². The number of halogens is 1. The molecule has 3 atom stereocenters.